The van der Waals surface area contributed by atoms with Crippen molar-refractivity contribution in [2.24, 2.45) is 0 Å². The van der Waals surface area contributed by atoms with Crippen LogP contribution in [0.3, 0.4) is 0 Å². The average molecular weight is 204 g/mol. The van der Waals surface area contributed by atoms with E-state index >= 15 is 0 Å². The fourth-order valence-electron chi connectivity index (χ4n) is 1.02. The van der Waals surface area contributed by atoms with E-state index in [1.165, 1.54) is 0 Å². The van der Waals surface area contributed by atoms with E-state index < -0.39 is 0 Å². The zero-order chi connectivity index (χ0) is 9.64. The Kier molecular flexibility index (Phi) is 3.24. The van der Waals surface area contributed by atoms with Crippen molar-refractivity contribution in [3.63, 3.8) is 0 Å². The maximum absolute atomic E-state index is 4.21. The van der Waals surface area contributed by atoms with E-state index in [0.29, 0.717) is 0 Å². The first-order valence-corrected chi connectivity index (χ1v) is 5.50. The number of aromatic nitrogens is 1. The summed E-state index contributed by atoms with van der Waals surface area (Å²) in [5, 5.41) is 3.15. The first kappa shape index (κ1) is 9.34. The lowest BCUT2D eigenvalue weighted by atomic mass is 10.4. The first-order chi connectivity index (χ1) is 6.95. The van der Waals surface area contributed by atoms with Crippen molar-refractivity contribution in [2.45, 2.75) is 11.4 Å². The van der Waals surface area contributed by atoms with Gasteiger partial charge in [-0.15, -0.1) is 0 Å². The summed E-state index contributed by atoms with van der Waals surface area (Å²) >= 11 is 1.66. The van der Waals surface area contributed by atoms with Gasteiger partial charge < -0.3 is 4.90 Å². The number of nitrogens with zero attached hydrogens (tertiary/aromatic N) is 2. The van der Waals surface area contributed by atoms with Gasteiger partial charge in [0.2, 0.25) is 0 Å². The normalized spacial score (nSPS) is 13.9. The van der Waals surface area contributed by atoms with Crippen molar-refractivity contribution >= 4 is 11.8 Å². The molecule has 0 fully saturated rings. The van der Waals surface area contributed by atoms with Crippen molar-refractivity contribution in [3.05, 3.63) is 48.3 Å². The molecule has 2 nitrogen and oxygen atoms in total. The average Bonchev–Trinajstić information content (AvgIpc) is 3.03. The molecule has 1 aliphatic rings. The SMILES string of the molecule is C(=CSc1ccccn1)CCN1C=C1. The Bertz CT molecular complexity index is 326. The summed E-state index contributed by atoms with van der Waals surface area (Å²) < 4.78 is 0. The summed E-state index contributed by atoms with van der Waals surface area (Å²) in [5.74, 6) is 0. The van der Waals surface area contributed by atoms with Gasteiger partial charge in [-0.1, -0.05) is 23.9 Å². The second-order valence-electron chi connectivity index (χ2n) is 2.98. The highest BCUT2D eigenvalue weighted by Crippen LogP contribution is 2.15. The lowest BCUT2D eigenvalue weighted by molar-refractivity contribution is 0.612. The molecule has 0 aromatic carbocycles. The van der Waals surface area contributed by atoms with Gasteiger partial charge in [0.05, 0.1) is 0 Å². The van der Waals surface area contributed by atoms with E-state index in [2.05, 4.69) is 33.8 Å². The van der Waals surface area contributed by atoms with Gasteiger partial charge in [0.1, 0.15) is 5.03 Å². The second kappa shape index (κ2) is 4.86. The van der Waals surface area contributed by atoms with Gasteiger partial charge in [0.25, 0.3) is 0 Å². The molecule has 0 spiro atoms. The molecule has 0 N–H and O–H groups in total. The van der Waals surface area contributed by atoms with Crippen LogP contribution in [0.15, 0.2) is 53.3 Å². The molecule has 0 saturated heterocycles. The molecule has 0 amide bonds. The molecule has 2 heterocycles. The molecule has 0 atom stereocenters. The van der Waals surface area contributed by atoms with Crippen molar-refractivity contribution in [1.82, 2.24) is 9.88 Å². The monoisotopic (exact) mass is 204 g/mol. The Balaban J connectivity index is 1.65. The largest absolute Gasteiger partial charge is 0.351 e. The number of rotatable bonds is 5. The van der Waals surface area contributed by atoms with Crippen LogP contribution in [0.2, 0.25) is 0 Å². The van der Waals surface area contributed by atoms with E-state index in [1.807, 2.05) is 24.4 Å². The Morgan fingerprint density at radius 1 is 1.36 bits per heavy atom. The van der Waals surface area contributed by atoms with Crippen LogP contribution < -0.4 is 0 Å². The Morgan fingerprint density at radius 3 is 3.00 bits per heavy atom. The van der Waals surface area contributed by atoms with Gasteiger partial charge in [-0.25, -0.2) is 4.98 Å². The molecule has 72 valence electrons. The van der Waals surface area contributed by atoms with Crippen LogP contribution in [0.25, 0.3) is 0 Å². The highest BCUT2D eigenvalue weighted by molar-refractivity contribution is 8.02. The van der Waals surface area contributed by atoms with Crippen LogP contribution in [-0.4, -0.2) is 16.4 Å². The van der Waals surface area contributed by atoms with Crippen LogP contribution >= 0.6 is 11.8 Å². The van der Waals surface area contributed by atoms with E-state index in [4.69, 9.17) is 0 Å². The molecule has 14 heavy (non-hydrogen) atoms. The minimum Gasteiger partial charge on any atom is -0.351 e. The quantitative estimate of drug-likeness (QED) is 0.686. The van der Waals surface area contributed by atoms with Crippen molar-refractivity contribution in [1.29, 1.82) is 0 Å². The Morgan fingerprint density at radius 2 is 2.29 bits per heavy atom. The number of pyridine rings is 1. The molecule has 2 rings (SSSR count). The molecule has 1 aromatic heterocycles. The minimum absolute atomic E-state index is 1.05. The van der Waals surface area contributed by atoms with E-state index in [0.717, 1.165) is 18.0 Å². The minimum atomic E-state index is 1.05. The van der Waals surface area contributed by atoms with Crippen LogP contribution in [0, 0.1) is 0 Å². The molecule has 0 aliphatic carbocycles. The maximum atomic E-state index is 4.21. The van der Waals surface area contributed by atoms with Crippen LogP contribution in [0.1, 0.15) is 6.42 Å². The highest BCUT2D eigenvalue weighted by atomic mass is 32.2. The third-order valence-corrected chi connectivity index (χ3v) is 2.65. The lowest BCUT2D eigenvalue weighted by Gasteiger charge is -1.97. The maximum Gasteiger partial charge on any atom is 0.100 e. The smallest absolute Gasteiger partial charge is 0.100 e. The van der Waals surface area contributed by atoms with Gasteiger partial charge >= 0.3 is 0 Å². The zero-order valence-electron chi connectivity index (χ0n) is 7.84. The lowest BCUT2D eigenvalue weighted by Crippen LogP contribution is -1.95. The van der Waals surface area contributed by atoms with Gasteiger partial charge in [0.15, 0.2) is 0 Å². The summed E-state index contributed by atoms with van der Waals surface area (Å²) in [4.78, 5) is 6.39. The van der Waals surface area contributed by atoms with Gasteiger partial charge in [0, 0.05) is 25.1 Å². The van der Waals surface area contributed by atoms with Gasteiger partial charge in [-0.2, -0.15) is 0 Å². The fraction of sp³-hybridized carbons (Fsp3) is 0.182. The topological polar surface area (TPSA) is 15.9 Å². The highest BCUT2D eigenvalue weighted by Gasteiger charge is 2.01. The fourth-order valence-corrected chi connectivity index (χ4v) is 1.67. The molecular formula is C11H12N2S. The van der Waals surface area contributed by atoms with E-state index in [9.17, 15) is 0 Å². The van der Waals surface area contributed by atoms with Crippen molar-refractivity contribution in [3.8, 4) is 0 Å². The summed E-state index contributed by atoms with van der Waals surface area (Å²) in [7, 11) is 0. The molecule has 0 bridgehead atoms. The van der Waals surface area contributed by atoms with Crippen molar-refractivity contribution in [2.75, 3.05) is 6.54 Å². The third kappa shape index (κ3) is 3.26. The summed E-state index contributed by atoms with van der Waals surface area (Å²) in [6.07, 6.45) is 9.25. The molecule has 0 saturated carbocycles. The third-order valence-electron chi connectivity index (χ3n) is 1.84. The summed E-state index contributed by atoms with van der Waals surface area (Å²) in [6.45, 7) is 1.10. The molecule has 0 unspecified atom stereocenters. The van der Waals surface area contributed by atoms with Crippen molar-refractivity contribution < 1.29 is 0 Å². The molecular weight excluding hydrogens is 192 g/mol. The summed E-state index contributed by atoms with van der Waals surface area (Å²) in [5.41, 5.74) is 0. The van der Waals surface area contributed by atoms with Gasteiger partial charge in [-0.05, 0) is 24.0 Å². The van der Waals surface area contributed by atoms with Crippen LogP contribution in [0.5, 0.6) is 0 Å². The number of hydrogen-bond acceptors (Lipinski definition) is 3. The number of hydrogen-bond donors (Lipinski definition) is 0. The Hall–Kier alpha value is -1.22. The Labute approximate surface area is 88.3 Å². The molecule has 1 aliphatic heterocycles. The van der Waals surface area contributed by atoms with Crippen LogP contribution in [-0.2, 0) is 0 Å². The molecule has 0 radical (unpaired) electrons. The first-order valence-electron chi connectivity index (χ1n) is 4.62. The van der Waals surface area contributed by atoms with Crippen LogP contribution in [0.4, 0.5) is 0 Å². The van der Waals surface area contributed by atoms with Gasteiger partial charge in [-0.3, -0.25) is 0 Å². The second-order valence-corrected chi connectivity index (χ2v) is 3.91. The standard InChI is InChI=1S/C11H12N2S/c1-2-6-12-11(5-1)14-10-4-3-7-13-8-9-13/h1-2,4-6,8-10H,3,7H2. The summed E-state index contributed by atoms with van der Waals surface area (Å²) in [6, 6.07) is 5.95. The van der Waals surface area contributed by atoms with E-state index in [-0.39, 0.29) is 0 Å². The van der Waals surface area contributed by atoms with E-state index in [1.54, 1.807) is 11.8 Å². The number of thioether (sulfide) groups is 1. The zero-order valence-corrected chi connectivity index (χ0v) is 8.65. The predicted octanol–water partition coefficient (Wildman–Crippen LogP) is 2.86. The molecule has 1 aromatic rings. The predicted molar refractivity (Wildman–Crippen MR) is 59.7 cm³/mol. The molecule has 3 heteroatoms.